The van der Waals surface area contributed by atoms with E-state index in [0.29, 0.717) is 35.1 Å². The zero-order chi connectivity index (χ0) is 23.0. The van der Waals surface area contributed by atoms with Crippen molar-refractivity contribution in [1.82, 2.24) is 8.87 Å². The minimum absolute atomic E-state index is 0.125. The van der Waals surface area contributed by atoms with E-state index in [0.717, 1.165) is 32.9 Å². The maximum Gasteiger partial charge on any atom is 0.252 e. The molecule has 0 spiro atoms. The lowest BCUT2D eigenvalue weighted by molar-refractivity contribution is -0.122. The lowest BCUT2D eigenvalue weighted by Crippen LogP contribution is -2.42. The van der Waals surface area contributed by atoms with Crippen LogP contribution in [-0.4, -0.2) is 43.4 Å². The van der Waals surface area contributed by atoms with Crippen LogP contribution in [0.1, 0.15) is 25.3 Å². The number of fused-ring (bicyclic) bond motifs is 1. The fourth-order valence-electron chi connectivity index (χ4n) is 3.93. The second-order valence-electron chi connectivity index (χ2n) is 7.60. The zero-order valence-corrected chi connectivity index (χ0v) is 21.2. The molecule has 1 unspecified atom stereocenters. The van der Waals surface area contributed by atoms with E-state index in [1.807, 2.05) is 30.5 Å². The number of sulfonamides is 1. The van der Waals surface area contributed by atoms with Crippen LogP contribution >= 0.6 is 34.3 Å². The Balaban J connectivity index is 1.66. The third-order valence-corrected chi connectivity index (χ3v) is 10.4. The second-order valence-corrected chi connectivity index (χ2v) is 12.5. The summed E-state index contributed by atoms with van der Waals surface area (Å²) < 4.78 is 36.5. The minimum atomic E-state index is -3.67. The molecular formula is C21H24ClN3O4S3. The van der Waals surface area contributed by atoms with Crippen LogP contribution < -0.4 is 9.54 Å². The number of nitrogens with zero attached hydrogens (tertiary/aromatic N) is 3. The highest BCUT2D eigenvalue weighted by Gasteiger charge is 2.34. The zero-order valence-electron chi connectivity index (χ0n) is 18.0. The first-order valence-electron chi connectivity index (χ1n) is 10.3. The van der Waals surface area contributed by atoms with Crippen molar-refractivity contribution in [2.45, 2.75) is 37.4 Å². The average molecular weight is 514 g/mol. The first kappa shape index (κ1) is 23.4. The molecule has 32 heavy (non-hydrogen) atoms. The molecule has 1 amide bonds. The number of benzene rings is 1. The summed E-state index contributed by atoms with van der Waals surface area (Å²) in [6.45, 7) is 5.16. The van der Waals surface area contributed by atoms with Crippen LogP contribution in [0.5, 0.6) is 5.75 Å². The van der Waals surface area contributed by atoms with E-state index in [4.69, 9.17) is 16.3 Å². The fourth-order valence-corrected chi connectivity index (χ4v) is 8.28. The number of thiazole rings is 1. The van der Waals surface area contributed by atoms with Crippen molar-refractivity contribution in [1.29, 1.82) is 0 Å². The van der Waals surface area contributed by atoms with Crippen LogP contribution in [-0.2, 0) is 21.4 Å². The van der Waals surface area contributed by atoms with Crippen molar-refractivity contribution >= 4 is 60.4 Å². The SMILES string of the molecule is CCn1c(=NC(=O)C2CCCN(S(=O)(=O)c3ccc(Cl)s3)C2)sc2c(C)ccc(OC)c21. The summed E-state index contributed by atoms with van der Waals surface area (Å²) in [6.07, 6.45) is 1.22. The Hall–Kier alpha value is -1.72. The largest absolute Gasteiger partial charge is 0.495 e. The van der Waals surface area contributed by atoms with Gasteiger partial charge in [0.25, 0.3) is 15.9 Å². The molecule has 1 saturated heterocycles. The van der Waals surface area contributed by atoms with Gasteiger partial charge in [0.05, 0.1) is 22.1 Å². The van der Waals surface area contributed by atoms with E-state index >= 15 is 0 Å². The molecule has 172 valence electrons. The number of halogens is 1. The van der Waals surface area contributed by atoms with E-state index in [-0.39, 0.29) is 16.7 Å². The average Bonchev–Trinajstić information content (AvgIpc) is 3.38. The van der Waals surface area contributed by atoms with Crippen LogP contribution in [0.2, 0.25) is 4.34 Å². The predicted octanol–water partition coefficient (Wildman–Crippen LogP) is 4.28. The number of carbonyl (C=O) groups is 1. The van der Waals surface area contributed by atoms with Gasteiger partial charge in [-0.25, -0.2) is 8.42 Å². The predicted molar refractivity (Wildman–Crippen MR) is 128 cm³/mol. The summed E-state index contributed by atoms with van der Waals surface area (Å²) in [5, 5.41) is 0. The molecule has 1 atom stereocenters. The molecule has 1 aromatic carbocycles. The third-order valence-electron chi connectivity index (χ3n) is 5.60. The highest BCUT2D eigenvalue weighted by atomic mass is 35.5. The highest BCUT2D eigenvalue weighted by Crippen LogP contribution is 2.32. The number of hydrogen-bond acceptors (Lipinski definition) is 6. The number of piperidine rings is 1. The smallest absolute Gasteiger partial charge is 0.252 e. The maximum absolute atomic E-state index is 13.1. The monoisotopic (exact) mass is 513 g/mol. The van der Waals surface area contributed by atoms with Crippen molar-refractivity contribution in [3.05, 3.63) is 39.0 Å². The lowest BCUT2D eigenvalue weighted by Gasteiger charge is -2.29. The molecule has 1 aliphatic heterocycles. The van der Waals surface area contributed by atoms with Gasteiger partial charge in [-0.15, -0.1) is 11.3 Å². The Morgan fingerprint density at radius 3 is 2.72 bits per heavy atom. The molecule has 1 fully saturated rings. The van der Waals surface area contributed by atoms with Gasteiger partial charge in [0.1, 0.15) is 15.5 Å². The third kappa shape index (κ3) is 4.26. The first-order valence-corrected chi connectivity index (χ1v) is 13.7. The number of ether oxygens (including phenoxy) is 1. The molecule has 11 heteroatoms. The molecule has 0 bridgehead atoms. The Morgan fingerprint density at radius 1 is 1.28 bits per heavy atom. The van der Waals surface area contributed by atoms with Crippen molar-refractivity contribution in [2.75, 3.05) is 20.2 Å². The minimum Gasteiger partial charge on any atom is -0.495 e. The van der Waals surface area contributed by atoms with Crippen molar-refractivity contribution < 1.29 is 17.9 Å². The maximum atomic E-state index is 13.1. The number of thiophene rings is 1. The van der Waals surface area contributed by atoms with Gasteiger partial charge in [0.15, 0.2) is 4.80 Å². The Bertz CT molecular complexity index is 1340. The van der Waals surface area contributed by atoms with Crippen molar-refractivity contribution in [3.63, 3.8) is 0 Å². The number of hydrogen-bond donors (Lipinski definition) is 0. The van der Waals surface area contributed by atoms with E-state index in [1.54, 1.807) is 13.2 Å². The number of aryl methyl sites for hydroxylation is 2. The summed E-state index contributed by atoms with van der Waals surface area (Å²) in [4.78, 5) is 18.2. The van der Waals surface area contributed by atoms with E-state index < -0.39 is 15.9 Å². The molecular weight excluding hydrogens is 490 g/mol. The van der Waals surface area contributed by atoms with Crippen molar-refractivity contribution in [3.8, 4) is 5.75 Å². The number of carbonyl (C=O) groups excluding carboxylic acids is 1. The van der Waals surface area contributed by atoms with Crippen LogP contribution in [0.3, 0.4) is 0 Å². The van der Waals surface area contributed by atoms with Crippen LogP contribution in [0, 0.1) is 12.8 Å². The molecule has 0 saturated carbocycles. The summed E-state index contributed by atoms with van der Waals surface area (Å²) >= 11 is 8.41. The summed E-state index contributed by atoms with van der Waals surface area (Å²) in [5.41, 5.74) is 2.01. The highest BCUT2D eigenvalue weighted by molar-refractivity contribution is 7.91. The van der Waals surface area contributed by atoms with Crippen LogP contribution in [0.15, 0.2) is 33.5 Å². The molecule has 0 aliphatic carbocycles. The first-order chi connectivity index (χ1) is 15.3. The summed E-state index contributed by atoms with van der Waals surface area (Å²) in [5.74, 6) is -0.0332. The van der Waals surface area contributed by atoms with Gasteiger partial charge in [-0.05, 0) is 50.5 Å². The molecule has 0 radical (unpaired) electrons. The topological polar surface area (TPSA) is 81.0 Å². The van der Waals surface area contributed by atoms with Gasteiger partial charge < -0.3 is 9.30 Å². The standard InChI is InChI=1S/C21H24ClN3O4S3/c1-4-25-18-15(29-3)8-7-13(2)19(18)31-21(25)23-20(26)14-6-5-11-24(12-14)32(27,28)17-10-9-16(22)30-17/h7-10,14H,4-6,11-12H2,1-3H3. The Kier molecular flexibility index (Phi) is 6.78. The van der Waals surface area contributed by atoms with Crippen molar-refractivity contribution in [2.24, 2.45) is 10.9 Å². The molecule has 2 aromatic heterocycles. The molecule has 1 aliphatic rings. The second kappa shape index (κ2) is 9.26. The van der Waals surface area contributed by atoms with E-state index in [9.17, 15) is 13.2 Å². The molecule has 3 heterocycles. The number of methoxy groups -OCH3 is 1. The summed E-state index contributed by atoms with van der Waals surface area (Å²) in [6, 6.07) is 6.99. The Labute approximate surface area is 200 Å². The van der Waals surface area contributed by atoms with Gasteiger partial charge >= 0.3 is 0 Å². The molecule has 4 rings (SSSR count). The van der Waals surface area contributed by atoms with Gasteiger partial charge in [0, 0.05) is 19.6 Å². The number of aromatic nitrogens is 1. The molecule has 3 aromatic rings. The van der Waals surface area contributed by atoms with Gasteiger partial charge in [-0.1, -0.05) is 29.0 Å². The van der Waals surface area contributed by atoms with E-state index in [1.165, 1.54) is 21.7 Å². The quantitative estimate of drug-likeness (QED) is 0.510. The number of amides is 1. The van der Waals surface area contributed by atoms with Crippen LogP contribution in [0.4, 0.5) is 0 Å². The fraction of sp³-hybridized carbons (Fsp3) is 0.429. The van der Waals surface area contributed by atoms with Gasteiger partial charge in [-0.2, -0.15) is 9.30 Å². The lowest BCUT2D eigenvalue weighted by atomic mass is 9.99. The molecule has 0 N–H and O–H groups in total. The molecule has 7 nitrogen and oxygen atoms in total. The summed E-state index contributed by atoms with van der Waals surface area (Å²) in [7, 11) is -2.05. The van der Waals surface area contributed by atoms with Gasteiger partial charge in [0.2, 0.25) is 0 Å². The van der Waals surface area contributed by atoms with Crippen LogP contribution in [0.25, 0.3) is 10.2 Å². The normalized spacial score (nSPS) is 18.4. The number of rotatable bonds is 5. The Morgan fingerprint density at radius 2 is 2.06 bits per heavy atom. The van der Waals surface area contributed by atoms with Gasteiger partial charge in [-0.3, -0.25) is 4.79 Å². The van der Waals surface area contributed by atoms with E-state index in [2.05, 4.69) is 4.99 Å².